The molecular weight excluding hydrogens is 192 g/mol. The minimum absolute atomic E-state index is 0.0564. The Morgan fingerprint density at radius 2 is 2.13 bits per heavy atom. The fourth-order valence-electron chi connectivity index (χ4n) is 3.52. The second kappa shape index (κ2) is 3.32. The van der Waals surface area contributed by atoms with Crippen molar-refractivity contribution in [3.63, 3.8) is 0 Å². The molecule has 0 aliphatic heterocycles. The quantitative estimate of drug-likeness (QED) is 0.674. The third-order valence-corrected chi connectivity index (χ3v) is 4.81. The third kappa shape index (κ3) is 1.40. The molecule has 0 aromatic heterocycles. The highest BCUT2D eigenvalue weighted by Crippen LogP contribution is 2.56. The molecule has 3 nitrogen and oxygen atoms in total. The first-order valence-corrected chi connectivity index (χ1v) is 5.72. The molecule has 4 atom stereocenters. The molecule has 1 N–H and O–H groups in total. The average molecular weight is 210 g/mol. The minimum atomic E-state index is -0.912. The molecule has 2 saturated carbocycles. The number of aliphatic carboxylic acids is 1. The molecule has 2 rings (SSSR count). The molecule has 2 aliphatic rings. The van der Waals surface area contributed by atoms with Crippen LogP contribution in [0.25, 0.3) is 0 Å². The summed E-state index contributed by atoms with van der Waals surface area (Å²) in [4.78, 5) is 22.8. The number of Topliss-reactive ketones (excluding diaryl/α,β-unsaturated/α-hetero) is 1. The number of carboxylic acid groups (broad SMARTS) is 1. The molecule has 2 aliphatic carbocycles. The number of carbonyl (C=O) groups is 2. The van der Waals surface area contributed by atoms with Gasteiger partial charge in [0.2, 0.25) is 0 Å². The van der Waals surface area contributed by atoms with Crippen molar-refractivity contribution in [1.82, 2.24) is 0 Å². The van der Waals surface area contributed by atoms with Crippen molar-refractivity contribution in [1.29, 1.82) is 0 Å². The maximum atomic E-state index is 11.6. The van der Waals surface area contributed by atoms with Gasteiger partial charge < -0.3 is 5.11 Å². The van der Waals surface area contributed by atoms with Crippen molar-refractivity contribution in [2.24, 2.45) is 23.2 Å². The van der Waals surface area contributed by atoms with E-state index in [2.05, 4.69) is 13.8 Å². The van der Waals surface area contributed by atoms with Crippen LogP contribution in [0.4, 0.5) is 0 Å². The zero-order valence-electron chi connectivity index (χ0n) is 9.32. The van der Waals surface area contributed by atoms with Gasteiger partial charge in [-0.15, -0.1) is 0 Å². The maximum Gasteiger partial charge on any atom is 0.314 e. The number of carboxylic acids is 1. The molecule has 84 valence electrons. The second-order valence-corrected chi connectivity index (χ2v) is 5.37. The van der Waals surface area contributed by atoms with Gasteiger partial charge in [0.15, 0.2) is 0 Å². The van der Waals surface area contributed by atoms with Gasteiger partial charge in [-0.05, 0) is 36.5 Å². The minimum Gasteiger partial charge on any atom is -0.481 e. The summed E-state index contributed by atoms with van der Waals surface area (Å²) < 4.78 is 0. The molecular formula is C12H18O3. The Labute approximate surface area is 89.9 Å². The van der Waals surface area contributed by atoms with E-state index in [-0.39, 0.29) is 17.1 Å². The van der Waals surface area contributed by atoms with Crippen LogP contribution in [0, 0.1) is 23.2 Å². The molecule has 0 heterocycles. The summed E-state index contributed by atoms with van der Waals surface area (Å²) in [6.45, 7) is 4.35. The SMILES string of the molecule is C[C@@H]1CC[C@@H]2C(C(=O)O)C(=O)CC[C@@]12C. The fraction of sp³-hybridized carbons (Fsp3) is 0.833. The topological polar surface area (TPSA) is 54.4 Å². The highest BCUT2D eigenvalue weighted by atomic mass is 16.4. The average Bonchev–Trinajstić information content (AvgIpc) is 2.44. The van der Waals surface area contributed by atoms with Crippen LogP contribution in [0.2, 0.25) is 0 Å². The highest BCUT2D eigenvalue weighted by molar-refractivity contribution is 5.99. The van der Waals surface area contributed by atoms with Crippen molar-refractivity contribution in [2.45, 2.75) is 39.5 Å². The summed E-state index contributed by atoms with van der Waals surface area (Å²) in [6.07, 6.45) is 3.30. The summed E-state index contributed by atoms with van der Waals surface area (Å²) >= 11 is 0. The number of ketones is 1. The molecule has 0 aromatic carbocycles. The standard InChI is InChI=1S/C12H18O3/c1-7-3-4-8-10(11(14)15)9(13)5-6-12(7,8)2/h7-8,10H,3-6H2,1-2H3,(H,14,15)/t7-,8-,10?,12+/m1/s1. The lowest BCUT2D eigenvalue weighted by atomic mass is 9.61. The normalized spacial score (nSPS) is 45.2. The highest BCUT2D eigenvalue weighted by Gasteiger charge is 2.54. The van der Waals surface area contributed by atoms with Crippen molar-refractivity contribution in [2.75, 3.05) is 0 Å². The molecule has 15 heavy (non-hydrogen) atoms. The molecule has 0 amide bonds. The first-order chi connectivity index (χ1) is 6.97. The zero-order chi connectivity index (χ0) is 11.2. The van der Waals surface area contributed by atoms with Crippen LogP contribution in [-0.2, 0) is 9.59 Å². The Morgan fingerprint density at radius 3 is 2.73 bits per heavy atom. The Kier molecular flexibility index (Phi) is 2.36. The van der Waals surface area contributed by atoms with Crippen LogP contribution >= 0.6 is 0 Å². The van der Waals surface area contributed by atoms with Gasteiger partial charge in [0.05, 0.1) is 0 Å². The van der Waals surface area contributed by atoms with Gasteiger partial charge in [-0.25, -0.2) is 0 Å². The van der Waals surface area contributed by atoms with E-state index in [0.29, 0.717) is 12.3 Å². The number of carbonyl (C=O) groups excluding carboxylic acids is 1. The lowest BCUT2D eigenvalue weighted by molar-refractivity contribution is -0.154. The summed E-state index contributed by atoms with van der Waals surface area (Å²) in [6, 6.07) is 0. The van der Waals surface area contributed by atoms with Gasteiger partial charge in [-0.1, -0.05) is 13.8 Å². The second-order valence-electron chi connectivity index (χ2n) is 5.37. The fourth-order valence-corrected chi connectivity index (χ4v) is 3.52. The number of rotatable bonds is 1. The van der Waals surface area contributed by atoms with Crippen molar-refractivity contribution >= 4 is 11.8 Å². The summed E-state index contributed by atoms with van der Waals surface area (Å²) in [5, 5.41) is 9.14. The van der Waals surface area contributed by atoms with Crippen molar-refractivity contribution < 1.29 is 14.7 Å². The van der Waals surface area contributed by atoms with E-state index >= 15 is 0 Å². The molecule has 0 bridgehead atoms. The van der Waals surface area contributed by atoms with Crippen molar-refractivity contribution in [3.8, 4) is 0 Å². The van der Waals surface area contributed by atoms with Gasteiger partial charge in [-0.3, -0.25) is 9.59 Å². The Bertz CT molecular complexity index is 310. The first kappa shape index (κ1) is 10.7. The molecule has 2 fully saturated rings. The van der Waals surface area contributed by atoms with Gasteiger partial charge in [0.25, 0.3) is 0 Å². The molecule has 3 heteroatoms. The Hall–Kier alpha value is -0.860. The molecule has 0 spiro atoms. The third-order valence-electron chi connectivity index (χ3n) is 4.81. The first-order valence-electron chi connectivity index (χ1n) is 5.72. The van der Waals surface area contributed by atoms with E-state index in [4.69, 9.17) is 5.11 Å². The smallest absolute Gasteiger partial charge is 0.314 e. The van der Waals surface area contributed by atoms with Gasteiger partial charge in [-0.2, -0.15) is 0 Å². The summed E-state index contributed by atoms with van der Waals surface area (Å²) in [5.41, 5.74) is 0.0803. The van der Waals surface area contributed by atoms with E-state index < -0.39 is 11.9 Å². The number of hydrogen-bond acceptors (Lipinski definition) is 2. The van der Waals surface area contributed by atoms with Crippen LogP contribution in [0.5, 0.6) is 0 Å². The Balaban J connectivity index is 2.33. The predicted molar refractivity (Wildman–Crippen MR) is 55.4 cm³/mol. The van der Waals surface area contributed by atoms with E-state index in [1.807, 2.05) is 0 Å². The van der Waals surface area contributed by atoms with Crippen LogP contribution in [-0.4, -0.2) is 16.9 Å². The monoisotopic (exact) mass is 210 g/mol. The van der Waals surface area contributed by atoms with Crippen LogP contribution in [0.1, 0.15) is 39.5 Å². The van der Waals surface area contributed by atoms with Gasteiger partial charge in [0.1, 0.15) is 11.7 Å². The maximum absolute atomic E-state index is 11.6. The van der Waals surface area contributed by atoms with Gasteiger partial charge in [0, 0.05) is 6.42 Å². The molecule has 1 unspecified atom stereocenters. The Morgan fingerprint density at radius 1 is 1.47 bits per heavy atom. The summed E-state index contributed by atoms with van der Waals surface area (Å²) in [5.74, 6) is -1.07. The molecule has 0 saturated heterocycles. The van der Waals surface area contributed by atoms with E-state index in [1.165, 1.54) is 0 Å². The number of fused-ring (bicyclic) bond motifs is 1. The largest absolute Gasteiger partial charge is 0.481 e. The predicted octanol–water partition coefficient (Wildman–Crippen LogP) is 2.10. The lowest BCUT2D eigenvalue weighted by Crippen LogP contribution is -2.44. The number of hydrogen-bond donors (Lipinski definition) is 1. The van der Waals surface area contributed by atoms with E-state index in [1.54, 1.807) is 0 Å². The van der Waals surface area contributed by atoms with Crippen LogP contribution in [0.15, 0.2) is 0 Å². The van der Waals surface area contributed by atoms with E-state index in [0.717, 1.165) is 19.3 Å². The molecule has 0 radical (unpaired) electrons. The van der Waals surface area contributed by atoms with Crippen LogP contribution < -0.4 is 0 Å². The lowest BCUT2D eigenvalue weighted by Gasteiger charge is -2.41. The van der Waals surface area contributed by atoms with Crippen molar-refractivity contribution in [3.05, 3.63) is 0 Å². The van der Waals surface area contributed by atoms with Crippen LogP contribution in [0.3, 0.4) is 0 Å². The zero-order valence-corrected chi connectivity index (χ0v) is 9.32. The summed E-state index contributed by atoms with van der Waals surface area (Å²) in [7, 11) is 0. The molecule has 0 aromatic rings. The van der Waals surface area contributed by atoms with Gasteiger partial charge >= 0.3 is 5.97 Å². The van der Waals surface area contributed by atoms with E-state index in [9.17, 15) is 9.59 Å².